The fraction of sp³-hybridized carbons (Fsp3) is 0.250. The molecule has 206 valence electrons. The molecule has 0 bridgehead atoms. The van der Waals surface area contributed by atoms with Crippen molar-refractivity contribution in [2.75, 3.05) is 6.61 Å². The van der Waals surface area contributed by atoms with E-state index >= 15 is 0 Å². The van der Waals surface area contributed by atoms with Crippen molar-refractivity contribution in [3.63, 3.8) is 0 Å². The highest BCUT2D eigenvalue weighted by Crippen LogP contribution is 2.48. The molecule has 41 heavy (non-hydrogen) atoms. The van der Waals surface area contributed by atoms with Crippen LogP contribution in [0.1, 0.15) is 42.1 Å². The fourth-order valence-electron chi connectivity index (χ4n) is 5.36. The van der Waals surface area contributed by atoms with E-state index in [-0.39, 0.29) is 11.9 Å². The highest BCUT2D eigenvalue weighted by molar-refractivity contribution is 6.30. The summed E-state index contributed by atoms with van der Waals surface area (Å²) in [6, 6.07) is 19.3. The number of hydrogen-bond acceptors (Lipinski definition) is 6. The van der Waals surface area contributed by atoms with Crippen LogP contribution in [0.15, 0.2) is 79.3 Å². The number of Topliss-reactive ketones (excluding diaryl/α,β-unsaturated/α-hetero) is 1. The number of pyridine rings is 2. The second-order valence-electron chi connectivity index (χ2n) is 10.6. The standard InChI is InChI=1S/C32H28ClN4O4/c1-20(38)22-6-8-26-27(16-22)37(18-24-12-15-39-24)30(35-26)19-36-13-10-21(11-14-36)25-4-3-5-28-31(25)41-32(2,40-28)29-9-7-23(33)17-34-29/h3-11,13-14,16-17,24H,12,15,18-19H2,1-2H3/q+1/t24-,32-/m0/s1. The topological polar surface area (TPSA) is 79.4 Å². The van der Waals surface area contributed by atoms with E-state index in [0.717, 1.165) is 41.0 Å². The first-order chi connectivity index (χ1) is 19.9. The van der Waals surface area contributed by atoms with Crippen molar-refractivity contribution >= 4 is 28.4 Å². The molecular weight excluding hydrogens is 540 g/mol. The van der Waals surface area contributed by atoms with Crippen LogP contribution < -0.4 is 14.0 Å². The highest BCUT2D eigenvalue weighted by atomic mass is 35.5. The lowest BCUT2D eigenvalue weighted by Gasteiger charge is -2.27. The lowest BCUT2D eigenvalue weighted by molar-refractivity contribution is -0.689. The Kier molecular flexibility index (Phi) is 6.25. The van der Waals surface area contributed by atoms with Crippen LogP contribution in [0, 0.1) is 0 Å². The smallest absolute Gasteiger partial charge is 0.292 e. The van der Waals surface area contributed by atoms with E-state index in [9.17, 15) is 4.79 Å². The number of nitrogens with zero attached hydrogens (tertiary/aromatic N) is 4. The van der Waals surface area contributed by atoms with Crippen LogP contribution in [0.5, 0.6) is 11.5 Å². The van der Waals surface area contributed by atoms with Gasteiger partial charge in [-0.2, -0.15) is 4.57 Å². The second-order valence-corrected chi connectivity index (χ2v) is 11.0. The second kappa shape index (κ2) is 9.98. The van der Waals surface area contributed by atoms with E-state index in [1.54, 1.807) is 19.2 Å². The summed E-state index contributed by atoms with van der Waals surface area (Å²) in [7, 11) is 0. The molecule has 0 N–H and O–H groups in total. The molecular formula is C32H28ClN4O4+. The lowest BCUT2D eigenvalue weighted by atomic mass is 10.1. The minimum absolute atomic E-state index is 0.0394. The Morgan fingerprint density at radius 3 is 2.66 bits per heavy atom. The van der Waals surface area contributed by atoms with Crippen molar-refractivity contribution in [3.8, 4) is 22.6 Å². The number of ether oxygens (including phenoxy) is 3. The third kappa shape index (κ3) is 4.73. The maximum Gasteiger partial charge on any atom is 0.292 e. The SMILES string of the molecule is CC(=O)c1ccc2nc(C[n+]3ccc(-c4cccc5c4O[C@@](C)(c4ccc(Cl)cn4)O5)cc3)n(C[C@@H]3CCO3)c2c1. The summed E-state index contributed by atoms with van der Waals surface area (Å²) in [5, 5.41) is 0.555. The zero-order valence-corrected chi connectivity index (χ0v) is 23.5. The van der Waals surface area contributed by atoms with Crippen LogP contribution in [0.4, 0.5) is 0 Å². The largest absolute Gasteiger partial charge is 0.443 e. The van der Waals surface area contributed by atoms with Crippen molar-refractivity contribution in [2.45, 2.75) is 45.2 Å². The van der Waals surface area contributed by atoms with Gasteiger partial charge in [-0.15, -0.1) is 0 Å². The van der Waals surface area contributed by atoms with Gasteiger partial charge in [0, 0.05) is 43.0 Å². The van der Waals surface area contributed by atoms with Crippen LogP contribution in [-0.2, 0) is 23.6 Å². The lowest BCUT2D eigenvalue weighted by Crippen LogP contribution is -2.36. The maximum absolute atomic E-state index is 12.0. The van der Waals surface area contributed by atoms with Gasteiger partial charge in [-0.1, -0.05) is 23.7 Å². The minimum atomic E-state index is -1.05. The number of ketones is 1. The summed E-state index contributed by atoms with van der Waals surface area (Å²) < 4.78 is 22.6. The van der Waals surface area contributed by atoms with Gasteiger partial charge in [0.1, 0.15) is 5.69 Å². The normalized spacial score (nSPS) is 19.3. The Bertz CT molecular complexity index is 1780. The van der Waals surface area contributed by atoms with Crippen molar-refractivity contribution in [1.29, 1.82) is 0 Å². The van der Waals surface area contributed by atoms with Gasteiger partial charge in [0.2, 0.25) is 6.54 Å². The number of para-hydroxylation sites is 1. The minimum Gasteiger partial charge on any atom is -0.443 e. The van der Waals surface area contributed by atoms with Crippen LogP contribution in [0.2, 0.25) is 5.02 Å². The Morgan fingerprint density at radius 1 is 1.12 bits per heavy atom. The summed E-state index contributed by atoms with van der Waals surface area (Å²) in [6.07, 6.45) is 6.85. The molecule has 3 aromatic heterocycles. The Balaban J connectivity index is 1.17. The fourth-order valence-corrected chi connectivity index (χ4v) is 5.47. The molecule has 2 aliphatic heterocycles. The van der Waals surface area contributed by atoms with E-state index in [1.807, 2.05) is 61.8 Å². The number of fused-ring (bicyclic) bond motifs is 2. The summed E-state index contributed by atoms with van der Waals surface area (Å²) in [5.74, 6) is 1.24. The third-order valence-corrected chi connectivity index (χ3v) is 7.94. The molecule has 1 fully saturated rings. The number of benzene rings is 2. The number of carbonyl (C=O) groups excluding carboxylic acids is 1. The number of carbonyl (C=O) groups is 1. The van der Waals surface area contributed by atoms with E-state index in [1.165, 1.54) is 0 Å². The molecule has 2 atom stereocenters. The van der Waals surface area contributed by atoms with Crippen molar-refractivity contribution in [2.24, 2.45) is 0 Å². The summed E-state index contributed by atoms with van der Waals surface area (Å²) in [5.41, 5.74) is 5.07. The van der Waals surface area contributed by atoms with Gasteiger partial charge < -0.3 is 18.8 Å². The molecule has 7 rings (SSSR count). The van der Waals surface area contributed by atoms with Crippen molar-refractivity contribution < 1.29 is 23.6 Å². The van der Waals surface area contributed by atoms with E-state index < -0.39 is 5.79 Å². The Morgan fingerprint density at radius 2 is 1.95 bits per heavy atom. The number of imidazole rings is 1. The average Bonchev–Trinajstić information content (AvgIpc) is 3.47. The number of hydrogen-bond donors (Lipinski definition) is 0. The maximum atomic E-state index is 12.0. The molecule has 8 nitrogen and oxygen atoms in total. The molecule has 0 aliphatic carbocycles. The van der Waals surface area contributed by atoms with Gasteiger partial charge in [0.05, 0.1) is 28.7 Å². The van der Waals surface area contributed by atoms with Gasteiger partial charge in [-0.05, 0) is 55.3 Å². The first kappa shape index (κ1) is 25.7. The molecule has 0 amide bonds. The summed E-state index contributed by atoms with van der Waals surface area (Å²) in [4.78, 5) is 21.4. The van der Waals surface area contributed by atoms with Crippen LogP contribution in [-0.4, -0.2) is 33.0 Å². The van der Waals surface area contributed by atoms with Crippen LogP contribution in [0.25, 0.3) is 22.2 Å². The quantitative estimate of drug-likeness (QED) is 0.185. The number of halogens is 1. The van der Waals surface area contributed by atoms with Crippen LogP contribution in [0.3, 0.4) is 0 Å². The Labute approximate surface area is 242 Å². The molecule has 0 unspecified atom stereocenters. The van der Waals surface area contributed by atoms with Gasteiger partial charge >= 0.3 is 0 Å². The first-order valence-corrected chi connectivity index (χ1v) is 14.0. The number of rotatable bonds is 7. The van der Waals surface area contributed by atoms with E-state index in [4.69, 9.17) is 30.8 Å². The van der Waals surface area contributed by atoms with E-state index in [0.29, 0.717) is 40.9 Å². The summed E-state index contributed by atoms with van der Waals surface area (Å²) >= 11 is 6.03. The average molecular weight is 568 g/mol. The molecule has 5 heterocycles. The molecule has 9 heteroatoms. The zero-order valence-electron chi connectivity index (χ0n) is 22.7. The van der Waals surface area contributed by atoms with Crippen molar-refractivity contribution in [1.82, 2.24) is 14.5 Å². The molecule has 5 aromatic rings. The highest BCUT2D eigenvalue weighted by Gasteiger charge is 2.41. The Hall–Kier alpha value is -4.27. The number of aromatic nitrogens is 4. The summed E-state index contributed by atoms with van der Waals surface area (Å²) in [6.45, 7) is 5.51. The molecule has 0 saturated carbocycles. The molecule has 0 spiro atoms. The van der Waals surface area contributed by atoms with Crippen molar-refractivity contribution in [3.05, 3.63) is 101 Å². The zero-order chi connectivity index (χ0) is 28.1. The van der Waals surface area contributed by atoms with E-state index in [2.05, 4.69) is 26.3 Å². The monoisotopic (exact) mass is 567 g/mol. The van der Waals surface area contributed by atoms with Gasteiger partial charge in [-0.3, -0.25) is 9.78 Å². The van der Waals surface area contributed by atoms with Gasteiger partial charge in [-0.25, -0.2) is 4.98 Å². The predicted molar refractivity (Wildman–Crippen MR) is 153 cm³/mol. The van der Waals surface area contributed by atoms with Gasteiger partial charge in [0.15, 0.2) is 35.5 Å². The molecule has 2 aliphatic rings. The molecule has 0 radical (unpaired) electrons. The van der Waals surface area contributed by atoms with Crippen LogP contribution >= 0.6 is 11.6 Å². The predicted octanol–water partition coefficient (Wildman–Crippen LogP) is 5.72. The molecule has 2 aromatic carbocycles. The molecule has 1 saturated heterocycles. The van der Waals surface area contributed by atoms with Gasteiger partial charge in [0.25, 0.3) is 5.79 Å². The third-order valence-electron chi connectivity index (χ3n) is 7.71. The first-order valence-electron chi connectivity index (χ1n) is 13.6.